The van der Waals surface area contributed by atoms with Crippen molar-refractivity contribution >= 4 is 39.2 Å². The van der Waals surface area contributed by atoms with Crippen LogP contribution in [-0.4, -0.2) is 41.1 Å². The molecule has 2 amide bonds. The van der Waals surface area contributed by atoms with Crippen molar-refractivity contribution in [1.82, 2.24) is 4.90 Å². The van der Waals surface area contributed by atoms with E-state index in [9.17, 15) is 14.4 Å². The summed E-state index contributed by atoms with van der Waals surface area (Å²) in [6, 6.07) is 15.7. The van der Waals surface area contributed by atoms with Gasteiger partial charge in [0, 0.05) is 16.1 Å². The van der Waals surface area contributed by atoms with Crippen molar-refractivity contribution in [2.45, 2.75) is 24.9 Å². The van der Waals surface area contributed by atoms with Gasteiger partial charge in [-0.05, 0) is 43.7 Å². The van der Waals surface area contributed by atoms with Gasteiger partial charge in [0.25, 0.3) is 0 Å². The summed E-state index contributed by atoms with van der Waals surface area (Å²) in [5.41, 5.74) is 1.17. The number of nitrogens with zero attached hydrogens (tertiary/aromatic N) is 2. The van der Waals surface area contributed by atoms with Crippen LogP contribution in [-0.2, 0) is 9.59 Å². The number of fused-ring (bicyclic) bond motifs is 3. The molecular formula is C22H19BrN2O3. The fourth-order valence-corrected chi connectivity index (χ4v) is 5.40. The summed E-state index contributed by atoms with van der Waals surface area (Å²) < 4.78 is 0.884. The molecule has 0 spiro atoms. The van der Waals surface area contributed by atoms with Gasteiger partial charge in [0.05, 0.1) is 23.6 Å². The molecule has 0 radical (unpaired) electrons. The molecule has 142 valence electrons. The molecule has 28 heavy (non-hydrogen) atoms. The molecule has 3 saturated heterocycles. The largest absolute Gasteiger partial charge is 0.292 e. The van der Waals surface area contributed by atoms with Gasteiger partial charge in [-0.1, -0.05) is 46.3 Å². The summed E-state index contributed by atoms with van der Waals surface area (Å²) in [6.45, 7) is 0.764. The molecule has 6 heteroatoms. The van der Waals surface area contributed by atoms with Gasteiger partial charge in [0.15, 0.2) is 5.78 Å². The van der Waals surface area contributed by atoms with E-state index in [2.05, 4.69) is 20.8 Å². The van der Waals surface area contributed by atoms with Crippen LogP contribution < -0.4 is 4.90 Å². The summed E-state index contributed by atoms with van der Waals surface area (Å²) >= 11 is 3.38. The van der Waals surface area contributed by atoms with Gasteiger partial charge < -0.3 is 0 Å². The van der Waals surface area contributed by atoms with Crippen LogP contribution in [0, 0.1) is 11.8 Å². The van der Waals surface area contributed by atoms with Crippen molar-refractivity contribution in [2.75, 3.05) is 11.4 Å². The molecular weight excluding hydrogens is 420 g/mol. The maximum Gasteiger partial charge on any atom is 0.239 e. The maximum atomic E-state index is 13.4. The Bertz CT molecular complexity index is 960. The van der Waals surface area contributed by atoms with Crippen LogP contribution >= 0.6 is 15.9 Å². The van der Waals surface area contributed by atoms with Crippen molar-refractivity contribution < 1.29 is 14.4 Å². The Labute approximate surface area is 171 Å². The Hall–Kier alpha value is -2.31. The smallest absolute Gasteiger partial charge is 0.239 e. The van der Waals surface area contributed by atoms with Crippen molar-refractivity contribution in [3.8, 4) is 0 Å². The van der Waals surface area contributed by atoms with E-state index in [1.54, 1.807) is 24.3 Å². The van der Waals surface area contributed by atoms with E-state index < -0.39 is 17.9 Å². The number of hydrogen-bond acceptors (Lipinski definition) is 4. The van der Waals surface area contributed by atoms with Crippen molar-refractivity contribution in [1.29, 1.82) is 0 Å². The zero-order valence-electron chi connectivity index (χ0n) is 15.1. The summed E-state index contributed by atoms with van der Waals surface area (Å²) in [5, 5.41) is 0. The number of Topliss-reactive ketones (excluding diaryl/α,β-unsaturated/α-hetero) is 1. The molecule has 5 rings (SSSR count). The Morgan fingerprint density at radius 2 is 1.61 bits per heavy atom. The normalized spacial score (nSPS) is 29.2. The summed E-state index contributed by atoms with van der Waals surface area (Å²) in [4.78, 5) is 43.4. The van der Waals surface area contributed by atoms with Crippen LogP contribution in [0.25, 0.3) is 0 Å². The molecule has 2 aromatic carbocycles. The monoisotopic (exact) mass is 438 g/mol. The van der Waals surface area contributed by atoms with Gasteiger partial charge >= 0.3 is 0 Å². The zero-order chi connectivity index (χ0) is 19.4. The summed E-state index contributed by atoms with van der Waals surface area (Å²) in [7, 11) is 0. The number of carbonyl (C=O) groups is 3. The molecule has 0 bridgehead atoms. The zero-order valence-corrected chi connectivity index (χ0v) is 16.7. The third-order valence-electron chi connectivity index (χ3n) is 6.26. The molecule has 3 fully saturated rings. The fraction of sp³-hybridized carbons (Fsp3) is 0.318. The Morgan fingerprint density at radius 1 is 0.929 bits per heavy atom. The summed E-state index contributed by atoms with van der Waals surface area (Å²) in [5.74, 6) is -1.51. The molecule has 5 nitrogen and oxygen atoms in total. The Balaban J connectivity index is 1.55. The van der Waals surface area contributed by atoms with Crippen LogP contribution in [0.2, 0.25) is 0 Å². The Morgan fingerprint density at radius 3 is 2.32 bits per heavy atom. The van der Waals surface area contributed by atoms with Crippen molar-refractivity contribution in [3.63, 3.8) is 0 Å². The van der Waals surface area contributed by atoms with Gasteiger partial charge in [-0.15, -0.1) is 0 Å². The first-order valence-corrected chi connectivity index (χ1v) is 10.4. The number of anilines is 1. The number of amides is 2. The fourth-order valence-electron chi connectivity index (χ4n) is 5.13. The van der Waals surface area contributed by atoms with E-state index in [4.69, 9.17) is 0 Å². The maximum absolute atomic E-state index is 13.4. The molecule has 0 aliphatic carbocycles. The van der Waals surface area contributed by atoms with E-state index in [0.29, 0.717) is 11.3 Å². The SMILES string of the molecule is O=C(c1ccccc1)[C@H]1[C@H]2C(=O)N(c3ccc(Br)cc3)C(=O)[C@H]2[C@H]2CCCN21. The lowest BCUT2D eigenvalue weighted by Crippen LogP contribution is -2.46. The summed E-state index contributed by atoms with van der Waals surface area (Å²) in [6.07, 6.45) is 1.80. The molecule has 3 aliphatic heterocycles. The lowest BCUT2D eigenvalue weighted by molar-refractivity contribution is -0.123. The first-order valence-electron chi connectivity index (χ1n) is 9.56. The first kappa shape index (κ1) is 17.8. The van der Waals surface area contributed by atoms with Crippen LogP contribution in [0.3, 0.4) is 0 Å². The van der Waals surface area contributed by atoms with Gasteiger partial charge in [0.1, 0.15) is 0 Å². The lowest BCUT2D eigenvalue weighted by Gasteiger charge is -2.27. The van der Waals surface area contributed by atoms with Crippen LogP contribution in [0.4, 0.5) is 5.69 Å². The molecule has 0 unspecified atom stereocenters. The number of imide groups is 1. The number of carbonyl (C=O) groups excluding carboxylic acids is 3. The van der Waals surface area contributed by atoms with E-state index >= 15 is 0 Å². The van der Waals surface area contributed by atoms with Gasteiger partial charge in [-0.2, -0.15) is 0 Å². The van der Waals surface area contributed by atoms with Crippen molar-refractivity contribution in [2.24, 2.45) is 11.8 Å². The average molecular weight is 439 g/mol. The van der Waals surface area contributed by atoms with Gasteiger partial charge in [0.2, 0.25) is 11.8 Å². The standard InChI is InChI=1S/C22H19BrN2O3/c23-14-8-10-15(11-9-14)25-21(27)17-16-7-4-12-24(16)19(18(17)22(25)28)20(26)13-5-2-1-3-6-13/h1-3,5-6,8-11,16-19H,4,7,12H2/t16-,17+,18+,19-/m1/s1. The number of hydrogen-bond donors (Lipinski definition) is 0. The number of ketones is 1. The predicted octanol–water partition coefficient (Wildman–Crippen LogP) is 3.28. The van der Waals surface area contributed by atoms with Crippen LogP contribution in [0.1, 0.15) is 23.2 Å². The third kappa shape index (κ3) is 2.51. The second-order valence-electron chi connectivity index (χ2n) is 7.66. The molecule has 2 aromatic rings. The Kier molecular flexibility index (Phi) is 4.21. The lowest BCUT2D eigenvalue weighted by atomic mass is 9.85. The van der Waals surface area contributed by atoms with Crippen molar-refractivity contribution in [3.05, 3.63) is 64.6 Å². The number of rotatable bonds is 3. The molecule has 3 aliphatic rings. The quantitative estimate of drug-likeness (QED) is 0.544. The average Bonchev–Trinajstić information content (AvgIpc) is 3.35. The number of halogens is 1. The molecule has 4 atom stereocenters. The topological polar surface area (TPSA) is 57.7 Å². The van der Waals surface area contributed by atoms with E-state index in [0.717, 1.165) is 23.9 Å². The molecule has 0 aromatic heterocycles. The first-order chi connectivity index (χ1) is 13.6. The molecule has 0 N–H and O–H groups in total. The minimum absolute atomic E-state index is 0.0282. The van der Waals surface area contributed by atoms with Crippen LogP contribution in [0.15, 0.2) is 59.1 Å². The highest BCUT2D eigenvalue weighted by atomic mass is 79.9. The molecule has 0 saturated carbocycles. The van der Waals surface area contributed by atoms with Crippen LogP contribution in [0.5, 0.6) is 0 Å². The minimum atomic E-state index is -0.603. The highest BCUT2D eigenvalue weighted by Crippen LogP contribution is 2.48. The van der Waals surface area contributed by atoms with E-state index in [-0.39, 0.29) is 23.6 Å². The highest BCUT2D eigenvalue weighted by Gasteiger charge is 2.64. The third-order valence-corrected chi connectivity index (χ3v) is 6.79. The minimum Gasteiger partial charge on any atom is -0.292 e. The number of benzene rings is 2. The van der Waals surface area contributed by atoms with Gasteiger partial charge in [-0.3, -0.25) is 19.3 Å². The second kappa shape index (κ2) is 6.64. The highest BCUT2D eigenvalue weighted by molar-refractivity contribution is 9.10. The predicted molar refractivity (Wildman–Crippen MR) is 108 cm³/mol. The molecule has 3 heterocycles. The van der Waals surface area contributed by atoms with E-state index in [1.807, 2.05) is 30.3 Å². The van der Waals surface area contributed by atoms with E-state index in [1.165, 1.54) is 4.90 Å². The van der Waals surface area contributed by atoms with Gasteiger partial charge in [-0.25, -0.2) is 4.90 Å². The second-order valence-corrected chi connectivity index (χ2v) is 8.58.